The van der Waals surface area contributed by atoms with Crippen LogP contribution in [0.3, 0.4) is 0 Å². The third-order valence-corrected chi connectivity index (χ3v) is 4.58. The zero-order valence-corrected chi connectivity index (χ0v) is 12.6. The summed E-state index contributed by atoms with van der Waals surface area (Å²) in [5, 5.41) is 0. The average Bonchev–Trinajstić information content (AvgIpc) is 2.94. The second kappa shape index (κ2) is 7.07. The molecule has 0 aromatic heterocycles. The first-order chi connectivity index (χ1) is 9.65. The van der Waals surface area contributed by atoms with Crippen molar-refractivity contribution in [3.8, 4) is 0 Å². The zero-order chi connectivity index (χ0) is 14.5. The fraction of sp³-hybridized carbons (Fsp3) is 0.867. The molecule has 114 valence electrons. The molecule has 20 heavy (non-hydrogen) atoms. The number of likely N-dealkylation sites (tertiary alicyclic amines) is 2. The summed E-state index contributed by atoms with van der Waals surface area (Å²) in [6, 6.07) is 0.412. The maximum Gasteiger partial charge on any atom is 0.310 e. The van der Waals surface area contributed by atoms with Gasteiger partial charge in [-0.15, -0.1) is 0 Å². The van der Waals surface area contributed by atoms with Crippen LogP contribution >= 0.6 is 0 Å². The summed E-state index contributed by atoms with van der Waals surface area (Å²) in [6.07, 6.45) is 5.32. The molecule has 2 rings (SSSR count). The van der Waals surface area contributed by atoms with Crippen molar-refractivity contribution in [3.05, 3.63) is 0 Å². The molecule has 5 nitrogen and oxygen atoms in total. The van der Waals surface area contributed by atoms with Gasteiger partial charge in [-0.2, -0.15) is 0 Å². The number of carbonyl (C=O) groups excluding carboxylic acids is 2. The van der Waals surface area contributed by atoms with Gasteiger partial charge in [0, 0.05) is 19.1 Å². The van der Waals surface area contributed by atoms with E-state index in [4.69, 9.17) is 4.74 Å². The Hall–Kier alpha value is -1.10. The van der Waals surface area contributed by atoms with Crippen molar-refractivity contribution < 1.29 is 14.3 Å². The number of hydrogen-bond acceptors (Lipinski definition) is 4. The Morgan fingerprint density at radius 2 is 2.00 bits per heavy atom. The van der Waals surface area contributed by atoms with Crippen molar-refractivity contribution in [2.75, 3.05) is 33.3 Å². The standard InChI is InChI=1S/C15H26N2O3/c1-3-13-6-4-5-8-17(13)14(18)11-16-9-7-12(10-16)15(19)20-2/h12-13H,3-11H2,1-2H3. The van der Waals surface area contributed by atoms with E-state index in [0.717, 1.165) is 38.8 Å². The minimum absolute atomic E-state index is 0.0591. The van der Waals surface area contributed by atoms with Crippen molar-refractivity contribution in [2.45, 2.75) is 45.1 Å². The number of hydrogen-bond donors (Lipinski definition) is 0. The van der Waals surface area contributed by atoms with Crippen LogP contribution in [0.1, 0.15) is 39.0 Å². The lowest BCUT2D eigenvalue weighted by molar-refractivity contribution is -0.145. The SMILES string of the molecule is CCC1CCCCN1C(=O)CN1CCC(C(=O)OC)C1. The Morgan fingerprint density at radius 3 is 2.70 bits per heavy atom. The molecular weight excluding hydrogens is 256 g/mol. The largest absolute Gasteiger partial charge is 0.469 e. The molecule has 2 heterocycles. The van der Waals surface area contributed by atoms with Crippen LogP contribution in [0.15, 0.2) is 0 Å². The first-order valence-corrected chi connectivity index (χ1v) is 7.75. The first-order valence-electron chi connectivity index (χ1n) is 7.75. The fourth-order valence-electron chi connectivity index (χ4n) is 3.37. The molecule has 2 atom stereocenters. The van der Waals surface area contributed by atoms with E-state index in [1.165, 1.54) is 13.5 Å². The molecule has 0 spiro atoms. The molecule has 2 saturated heterocycles. The zero-order valence-electron chi connectivity index (χ0n) is 12.6. The molecule has 0 radical (unpaired) electrons. The van der Waals surface area contributed by atoms with E-state index >= 15 is 0 Å². The predicted octanol–water partition coefficient (Wildman–Crippen LogP) is 1.27. The molecule has 0 bridgehead atoms. The number of rotatable bonds is 4. The lowest BCUT2D eigenvalue weighted by Crippen LogP contribution is -2.47. The van der Waals surface area contributed by atoms with Gasteiger partial charge in [0.05, 0.1) is 19.6 Å². The van der Waals surface area contributed by atoms with Gasteiger partial charge in [0.2, 0.25) is 5.91 Å². The topological polar surface area (TPSA) is 49.9 Å². The highest BCUT2D eigenvalue weighted by atomic mass is 16.5. The molecule has 2 unspecified atom stereocenters. The molecule has 0 aromatic carbocycles. The number of esters is 1. The highest BCUT2D eigenvalue weighted by Gasteiger charge is 2.32. The summed E-state index contributed by atoms with van der Waals surface area (Å²) in [7, 11) is 1.43. The van der Waals surface area contributed by atoms with Crippen molar-refractivity contribution in [2.24, 2.45) is 5.92 Å². The molecule has 2 fully saturated rings. The van der Waals surface area contributed by atoms with E-state index < -0.39 is 0 Å². The van der Waals surface area contributed by atoms with E-state index in [-0.39, 0.29) is 17.8 Å². The van der Waals surface area contributed by atoms with Crippen LogP contribution in [0.2, 0.25) is 0 Å². The lowest BCUT2D eigenvalue weighted by Gasteiger charge is -2.36. The van der Waals surface area contributed by atoms with E-state index in [1.54, 1.807) is 0 Å². The van der Waals surface area contributed by atoms with Gasteiger partial charge in [-0.1, -0.05) is 6.92 Å². The summed E-state index contributed by atoms with van der Waals surface area (Å²) in [4.78, 5) is 28.1. The van der Waals surface area contributed by atoms with E-state index in [2.05, 4.69) is 16.7 Å². The van der Waals surface area contributed by atoms with Gasteiger partial charge < -0.3 is 9.64 Å². The third-order valence-electron chi connectivity index (χ3n) is 4.58. The van der Waals surface area contributed by atoms with Crippen molar-refractivity contribution in [3.63, 3.8) is 0 Å². The molecule has 2 aliphatic rings. The molecule has 0 aromatic rings. The molecule has 5 heteroatoms. The average molecular weight is 282 g/mol. The Bertz CT molecular complexity index is 359. The molecule has 0 saturated carbocycles. The Morgan fingerprint density at radius 1 is 1.20 bits per heavy atom. The minimum Gasteiger partial charge on any atom is -0.469 e. The monoisotopic (exact) mass is 282 g/mol. The van der Waals surface area contributed by atoms with Crippen molar-refractivity contribution in [1.29, 1.82) is 0 Å². The number of ether oxygens (including phenoxy) is 1. The van der Waals surface area contributed by atoms with Crippen LogP contribution in [0.5, 0.6) is 0 Å². The smallest absolute Gasteiger partial charge is 0.310 e. The normalized spacial score (nSPS) is 27.6. The highest BCUT2D eigenvalue weighted by molar-refractivity contribution is 5.79. The van der Waals surface area contributed by atoms with Gasteiger partial charge in [-0.05, 0) is 38.6 Å². The minimum atomic E-state index is -0.149. The molecule has 0 N–H and O–H groups in total. The predicted molar refractivity (Wildman–Crippen MR) is 76.2 cm³/mol. The number of nitrogens with zero attached hydrogens (tertiary/aromatic N) is 2. The van der Waals surface area contributed by atoms with Gasteiger partial charge in [-0.25, -0.2) is 0 Å². The van der Waals surface area contributed by atoms with Crippen molar-refractivity contribution in [1.82, 2.24) is 9.80 Å². The Balaban J connectivity index is 1.84. The first kappa shape index (κ1) is 15.3. The lowest BCUT2D eigenvalue weighted by atomic mass is 10.00. The number of amides is 1. The second-order valence-corrected chi connectivity index (χ2v) is 5.89. The van der Waals surface area contributed by atoms with Crippen LogP contribution < -0.4 is 0 Å². The van der Waals surface area contributed by atoms with E-state index in [1.807, 2.05) is 0 Å². The third kappa shape index (κ3) is 3.51. The van der Waals surface area contributed by atoms with Gasteiger partial charge in [0.1, 0.15) is 0 Å². The van der Waals surface area contributed by atoms with Crippen LogP contribution in [0, 0.1) is 5.92 Å². The van der Waals surface area contributed by atoms with Crippen LogP contribution in [0.25, 0.3) is 0 Å². The van der Waals surface area contributed by atoms with Gasteiger partial charge in [0.15, 0.2) is 0 Å². The second-order valence-electron chi connectivity index (χ2n) is 5.89. The van der Waals surface area contributed by atoms with E-state index in [0.29, 0.717) is 19.1 Å². The highest BCUT2D eigenvalue weighted by Crippen LogP contribution is 2.21. The quantitative estimate of drug-likeness (QED) is 0.729. The number of piperidine rings is 1. The molecule has 2 aliphatic heterocycles. The van der Waals surface area contributed by atoms with Gasteiger partial charge in [0.25, 0.3) is 0 Å². The summed E-state index contributed by atoms with van der Waals surface area (Å²) in [5.74, 6) is 0.0162. The summed E-state index contributed by atoms with van der Waals surface area (Å²) >= 11 is 0. The molecule has 1 amide bonds. The maximum atomic E-state index is 12.4. The Labute approximate surface area is 121 Å². The van der Waals surface area contributed by atoms with Gasteiger partial charge in [-0.3, -0.25) is 14.5 Å². The Kier molecular flexibility index (Phi) is 5.40. The van der Waals surface area contributed by atoms with Gasteiger partial charge >= 0.3 is 5.97 Å². The summed E-state index contributed by atoms with van der Waals surface area (Å²) < 4.78 is 4.78. The van der Waals surface area contributed by atoms with Crippen LogP contribution in [-0.4, -0.2) is 61.0 Å². The number of carbonyl (C=O) groups is 2. The number of methoxy groups -OCH3 is 1. The van der Waals surface area contributed by atoms with Crippen molar-refractivity contribution >= 4 is 11.9 Å². The maximum absolute atomic E-state index is 12.4. The van der Waals surface area contributed by atoms with E-state index in [9.17, 15) is 9.59 Å². The summed E-state index contributed by atoms with van der Waals surface area (Å²) in [6.45, 7) is 4.97. The molecular formula is C15H26N2O3. The summed E-state index contributed by atoms with van der Waals surface area (Å²) in [5.41, 5.74) is 0. The van der Waals surface area contributed by atoms with Crippen LogP contribution in [-0.2, 0) is 14.3 Å². The molecule has 0 aliphatic carbocycles. The fourth-order valence-corrected chi connectivity index (χ4v) is 3.37. The van der Waals surface area contributed by atoms with Crippen LogP contribution in [0.4, 0.5) is 0 Å².